The first kappa shape index (κ1) is 17.6. The van der Waals surface area contributed by atoms with Crippen molar-refractivity contribution in [2.45, 2.75) is 25.0 Å². The summed E-state index contributed by atoms with van der Waals surface area (Å²) in [6, 6.07) is 5.93. The first-order chi connectivity index (χ1) is 12.6. The van der Waals surface area contributed by atoms with Crippen molar-refractivity contribution in [3.05, 3.63) is 23.8 Å². The number of hydrogen-bond donors (Lipinski definition) is 0. The van der Waals surface area contributed by atoms with Gasteiger partial charge in [0.25, 0.3) is 5.91 Å². The van der Waals surface area contributed by atoms with Crippen molar-refractivity contribution in [3.63, 3.8) is 0 Å². The molecule has 6 nitrogen and oxygen atoms in total. The molecule has 2 aliphatic heterocycles. The van der Waals surface area contributed by atoms with Gasteiger partial charge in [0, 0.05) is 31.8 Å². The van der Waals surface area contributed by atoms with E-state index in [-0.39, 0.29) is 12.0 Å². The third-order valence-corrected chi connectivity index (χ3v) is 6.13. The highest BCUT2D eigenvalue weighted by Gasteiger charge is 2.44. The van der Waals surface area contributed by atoms with Crippen molar-refractivity contribution >= 4 is 5.91 Å². The van der Waals surface area contributed by atoms with Crippen LogP contribution in [0.3, 0.4) is 0 Å². The number of amides is 1. The predicted molar refractivity (Wildman–Crippen MR) is 97.8 cm³/mol. The van der Waals surface area contributed by atoms with Gasteiger partial charge in [0.2, 0.25) is 0 Å². The maximum atomic E-state index is 13.0. The van der Waals surface area contributed by atoms with Crippen LogP contribution in [0.1, 0.15) is 23.2 Å². The zero-order chi connectivity index (χ0) is 18.3. The molecule has 1 aromatic rings. The molecule has 3 aliphatic rings. The van der Waals surface area contributed by atoms with Crippen molar-refractivity contribution in [3.8, 4) is 11.5 Å². The quantitative estimate of drug-likeness (QED) is 0.824. The van der Waals surface area contributed by atoms with E-state index in [1.165, 1.54) is 0 Å². The molecule has 2 fully saturated rings. The van der Waals surface area contributed by atoms with Crippen molar-refractivity contribution in [2.24, 2.45) is 11.8 Å². The molecule has 0 unspecified atom stereocenters. The van der Waals surface area contributed by atoms with Crippen molar-refractivity contribution in [1.82, 2.24) is 9.80 Å². The summed E-state index contributed by atoms with van der Waals surface area (Å²) >= 11 is 0. The van der Waals surface area contributed by atoms with Gasteiger partial charge in [-0.15, -0.1) is 0 Å². The Morgan fingerprint density at radius 2 is 1.81 bits per heavy atom. The lowest BCUT2D eigenvalue weighted by Crippen LogP contribution is -2.47. The molecule has 2 heterocycles. The lowest BCUT2D eigenvalue weighted by Gasteiger charge is -2.40. The Labute approximate surface area is 155 Å². The summed E-state index contributed by atoms with van der Waals surface area (Å²) < 4.78 is 16.9. The topological polar surface area (TPSA) is 51.2 Å². The summed E-state index contributed by atoms with van der Waals surface area (Å²) in [5.41, 5.74) is 0.681. The maximum absolute atomic E-state index is 13.0. The third kappa shape index (κ3) is 3.16. The summed E-state index contributed by atoms with van der Waals surface area (Å²) in [6.45, 7) is 2.74. The molecule has 142 valence electrons. The van der Waals surface area contributed by atoms with Gasteiger partial charge in [-0.1, -0.05) is 0 Å². The summed E-state index contributed by atoms with van der Waals surface area (Å²) in [6.07, 6.45) is 2.35. The second kappa shape index (κ2) is 7.08. The molecule has 0 N–H and O–H groups in total. The Morgan fingerprint density at radius 1 is 1.12 bits per heavy atom. The number of carbonyl (C=O) groups is 1. The highest BCUT2D eigenvalue weighted by atomic mass is 16.6. The third-order valence-electron chi connectivity index (χ3n) is 6.13. The van der Waals surface area contributed by atoms with E-state index in [9.17, 15) is 4.79 Å². The maximum Gasteiger partial charge on any atom is 0.254 e. The number of hydrogen-bond acceptors (Lipinski definition) is 5. The Morgan fingerprint density at radius 3 is 2.50 bits per heavy atom. The summed E-state index contributed by atoms with van der Waals surface area (Å²) in [7, 11) is 6.03. The van der Waals surface area contributed by atoms with Crippen LogP contribution in [0.15, 0.2) is 18.2 Å². The first-order valence-corrected chi connectivity index (χ1v) is 9.45. The standard InChI is InChI=1S/C20H28N2O4/c1-21(2)16-8-14-11-22(12-15(14)10-18(16)24-3)20(23)13-4-5-17-19(9-13)26-7-6-25-17/h4-5,9,14-16,18H,6-8,10-12H2,1-3H3/t14-,15+,16-,18-/m1/s1. The van der Waals surface area contributed by atoms with E-state index in [4.69, 9.17) is 14.2 Å². The largest absolute Gasteiger partial charge is 0.486 e. The van der Waals surface area contributed by atoms with Gasteiger partial charge in [0.05, 0.1) is 6.10 Å². The fourth-order valence-corrected chi connectivity index (χ4v) is 4.71. The smallest absolute Gasteiger partial charge is 0.254 e. The fourth-order valence-electron chi connectivity index (χ4n) is 4.71. The number of carbonyl (C=O) groups excluding carboxylic acids is 1. The van der Waals surface area contributed by atoms with Crippen molar-refractivity contribution in [2.75, 3.05) is 47.5 Å². The Bertz CT molecular complexity index is 678. The normalized spacial score (nSPS) is 30.4. The van der Waals surface area contributed by atoms with Crippen LogP contribution in [0.5, 0.6) is 11.5 Å². The van der Waals surface area contributed by atoms with E-state index < -0.39 is 0 Å². The summed E-state index contributed by atoms with van der Waals surface area (Å²) in [5.74, 6) is 2.56. The number of likely N-dealkylation sites (N-methyl/N-ethyl adjacent to an activating group) is 1. The monoisotopic (exact) mass is 360 g/mol. The van der Waals surface area contributed by atoms with Crippen LogP contribution in [0.4, 0.5) is 0 Å². The van der Waals surface area contributed by atoms with Crippen molar-refractivity contribution in [1.29, 1.82) is 0 Å². The Hall–Kier alpha value is -1.79. The van der Waals surface area contributed by atoms with E-state index >= 15 is 0 Å². The molecule has 0 bridgehead atoms. The molecule has 4 rings (SSSR count). The Kier molecular flexibility index (Phi) is 4.80. The highest BCUT2D eigenvalue weighted by molar-refractivity contribution is 5.95. The van der Waals surface area contributed by atoms with Gasteiger partial charge in [-0.05, 0) is 57.0 Å². The van der Waals surface area contributed by atoms with E-state index in [0.717, 1.165) is 31.7 Å². The van der Waals surface area contributed by atoms with Crippen LogP contribution in [0.2, 0.25) is 0 Å². The van der Waals surface area contributed by atoms with Crippen LogP contribution in [-0.2, 0) is 4.74 Å². The number of benzene rings is 1. The zero-order valence-corrected chi connectivity index (χ0v) is 15.8. The van der Waals surface area contributed by atoms with Gasteiger partial charge >= 0.3 is 0 Å². The number of rotatable bonds is 3. The molecule has 1 saturated heterocycles. The minimum absolute atomic E-state index is 0.0896. The second-order valence-corrected chi connectivity index (χ2v) is 7.87. The Balaban J connectivity index is 1.47. The van der Waals surface area contributed by atoms with Gasteiger partial charge < -0.3 is 24.0 Å². The molecular formula is C20H28N2O4. The van der Waals surface area contributed by atoms with E-state index in [1.807, 2.05) is 23.1 Å². The van der Waals surface area contributed by atoms with Gasteiger partial charge in [0.1, 0.15) is 13.2 Å². The first-order valence-electron chi connectivity index (χ1n) is 9.45. The van der Waals surface area contributed by atoms with E-state index in [0.29, 0.717) is 42.4 Å². The molecule has 1 aliphatic carbocycles. The molecule has 0 radical (unpaired) electrons. The molecule has 1 saturated carbocycles. The van der Waals surface area contributed by atoms with Gasteiger partial charge in [-0.3, -0.25) is 4.79 Å². The minimum Gasteiger partial charge on any atom is -0.486 e. The summed E-state index contributed by atoms with van der Waals surface area (Å²) in [5, 5.41) is 0. The van der Waals surface area contributed by atoms with Gasteiger partial charge in [-0.25, -0.2) is 0 Å². The number of likely N-dealkylation sites (tertiary alicyclic amines) is 1. The van der Waals surface area contributed by atoms with Crippen LogP contribution < -0.4 is 9.47 Å². The average Bonchev–Trinajstić information content (AvgIpc) is 3.08. The van der Waals surface area contributed by atoms with Crippen LogP contribution in [0, 0.1) is 11.8 Å². The highest BCUT2D eigenvalue weighted by Crippen LogP contribution is 2.39. The number of fused-ring (bicyclic) bond motifs is 2. The molecular weight excluding hydrogens is 332 g/mol. The number of ether oxygens (including phenoxy) is 3. The molecule has 26 heavy (non-hydrogen) atoms. The van der Waals surface area contributed by atoms with Crippen molar-refractivity contribution < 1.29 is 19.0 Å². The molecule has 0 aromatic heterocycles. The molecule has 0 spiro atoms. The molecule has 1 aromatic carbocycles. The lowest BCUT2D eigenvalue weighted by molar-refractivity contribution is -0.0209. The molecule has 4 atom stereocenters. The van der Waals surface area contributed by atoms with E-state index in [1.54, 1.807) is 7.11 Å². The van der Waals surface area contributed by atoms with Crippen LogP contribution >= 0.6 is 0 Å². The molecule has 1 amide bonds. The van der Waals surface area contributed by atoms with Crippen LogP contribution in [-0.4, -0.2) is 75.4 Å². The van der Waals surface area contributed by atoms with E-state index in [2.05, 4.69) is 19.0 Å². The number of nitrogens with zero attached hydrogens (tertiary/aromatic N) is 2. The average molecular weight is 360 g/mol. The minimum atomic E-state index is 0.0896. The molecule has 6 heteroatoms. The van der Waals surface area contributed by atoms with Gasteiger partial charge in [0.15, 0.2) is 11.5 Å². The predicted octanol–water partition coefficient (Wildman–Crippen LogP) is 1.89. The second-order valence-electron chi connectivity index (χ2n) is 7.87. The lowest BCUT2D eigenvalue weighted by atomic mass is 9.77. The zero-order valence-electron chi connectivity index (χ0n) is 15.8. The van der Waals surface area contributed by atoms with Gasteiger partial charge in [-0.2, -0.15) is 0 Å². The number of methoxy groups -OCH3 is 1. The fraction of sp³-hybridized carbons (Fsp3) is 0.650. The SMILES string of the molecule is CO[C@@H]1C[C@H]2CN(C(=O)c3ccc4c(c3)OCCO4)C[C@H]2C[C@H]1N(C)C. The van der Waals surface area contributed by atoms with Crippen LogP contribution in [0.25, 0.3) is 0 Å². The summed E-state index contributed by atoms with van der Waals surface area (Å²) in [4.78, 5) is 17.3.